The molecule has 25 heavy (non-hydrogen) atoms. The summed E-state index contributed by atoms with van der Waals surface area (Å²) in [6.07, 6.45) is 0.0352. The lowest BCUT2D eigenvalue weighted by atomic mass is 10.2. The van der Waals surface area contributed by atoms with Gasteiger partial charge in [-0.05, 0) is 35.9 Å². The molecule has 2 N–H and O–H groups in total. The molecule has 0 radical (unpaired) electrons. The van der Waals surface area contributed by atoms with Crippen LogP contribution < -0.4 is 10.6 Å². The van der Waals surface area contributed by atoms with Gasteiger partial charge in [0, 0.05) is 22.9 Å². The Morgan fingerprint density at radius 1 is 1.24 bits per heavy atom. The van der Waals surface area contributed by atoms with E-state index in [1.54, 1.807) is 18.2 Å². The summed E-state index contributed by atoms with van der Waals surface area (Å²) in [4.78, 5) is 25.1. The molecule has 1 atom stereocenters. The molecule has 1 aliphatic heterocycles. The Hall–Kier alpha value is -1.76. The van der Waals surface area contributed by atoms with Crippen molar-refractivity contribution in [3.05, 3.63) is 57.8 Å². The topological polar surface area (TPSA) is 58.2 Å². The Balaban J connectivity index is 1.58. The van der Waals surface area contributed by atoms with Crippen molar-refractivity contribution in [3.8, 4) is 0 Å². The minimum absolute atomic E-state index is 0.00392. The molecule has 2 aromatic rings. The van der Waals surface area contributed by atoms with Gasteiger partial charge in [0.05, 0.1) is 16.0 Å². The Kier molecular flexibility index (Phi) is 5.51. The third-order valence-electron chi connectivity index (χ3n) is 3.61. The first-order valence-corrected chi connectivity index (χ1v) is 9.03. The van der Waals surface area contributed by atoms with Gasteiger partial charge >= 0.3 is 0 Å². The smallest absolute Gasteiger partial charge is 0.238 e. The van der Waals surface area contributed by atoms with Crippen molar-refractivity contribution in [2.45, 2.75) is 23.1 Å². The van der Waals surface area contributed by atoms with Crippen LogP contribution in [0.4, 0.5) is 10.1 Å². The number of hydrogen-bond donors (Lipinski definition) is 2. The van der Waals surface area contributed by atoms with E-state index in [1.807, 2.05) is 6.07 Å². The van der Waals surface area contributed by atoms with E-state index in [2.05, 4.69) is 10.6 Å². The van der Waals surface area contributed by atoms with E-state index < -0.39 is 11.1 Å². The van der Waals surface area contributed by atoms with Crippen molar-refractivity contribution in [2.24, 2.45) is 0 Å². The number of hydrogen-bond acceptors (Lipinski definition) is 3. The molecule has 8 heteroatoms. The molecule has 0 saturated heterocycles. The molecular weight excluding hydrogens is 386 g/mol. The fourth-order valence-electron chi connectivity index (χ4n) is 2.35. The summed E-state index contributed by atoms with van der Waals surface area (Å²) in [5.74, 6) is -1.02. The van der Waals surface area contributed by atoms with Gasteiger partial charge in [-0.1, -0.05) is 29.3 Å². The summed E-state index contributed by atoms with van der Waals surface area (Å²) in [5.41, 5.74) is 1.33. The summed E-state index contributed by atoms with van der Waals surface area (Å²) in [5, 5.41) is 5.49. The zero-order chi connectivity index (χ0) is 18.0. The van der Waals surface area contributed by atoms with Crippen molar-refractivity contribution < 1.29 is 14.0 Å². The van der Waals surface area contributed by atoms with Gasteiger partial charge in [0.25, 0.3) is 0 Å². The van der Waals surface area contributed by atoms with Gasteiger partial charge in [-0.2, -0.15) is 0 Å². The molecular formula is C17H13Cl2FN2O2S. The second kappa shape index (κ2) is 7.64. The van der Waals surface area contributed by atoms with E-state index in [-0.39, 0.29) is 29.8 Å². The van der Waals surface area contributed by atoms with Gasteiger partial charge in [0.2, 0.25) is 11.8 Å². The lowest BCUT2D eigenvalue weighted by molar-refractivity contribution is -0.124. The maximum Gasteiger partial charge on any atom is 0.238 e. The first-order chi connectivity index (χ1) is 11.9. The molecule has 0 aromatic heterocycles. The van der Waals surface area contributed by atoms with Gasteiger partial charge in [0.1, 0.15) is 5.82 Å². The van der Waals surface area contributed by atoms with Gasteiger partial charge in [0.15, 0.2) is 0 Å². The summed E-state index contributed by atoms with van der Waals surface area (Å²) < 4.78 is 13.1. The maximum atomic E-state index is 13.1. The first kappa shape index (κ1) is 18.0. The van der Waals surface area contributed by atoms with Crippen LogP contribution in [-0.4, -0.2) is 17.1 Å². The lowest BCUT2D eigenvalue weighted by Gasteiger charge is -2.23. The summed E-state index contributed by atoms with van der Waals surface area (Å²) >= 11 is 12.9. The van der Waals surface area contributed by atoms with Crippen LogP contribution in [0.15, 0.2) is 41.3 Å². The lowest BCUT2D eigenvalue weighted by Crippen LogP contribution is -2.34. The number of halogens is 3. The number of thioether (sulfide) groups is 1. The second-order valence-corrected chi connectivity index (χ2v) is 7.55. The highest BCUT2D eigenvalue weighted by Gasteiger charge is 2.29. The van der Waals surface area contributed by atoms with Crippen molar-refractivity contribution in [1.29, 1.82) is 0 Å². The van der Waals surface area contributed by atoms with Gasteiger partial charge in [-0.15, -0.1) is 11.8 Å². The highest BCUT2D eigenvalue weighted by Crippen LogP contribution is 2.38. The summed E-state index contributed by atoms with van der Waals surface area (Å²) in [6.45, 7) is 0.212. The van der Waals surface area contributed by atoms with Crippen LogP contribution in [0.5, 0.6) is 0 Å². The highest BCUT2D eigenvalue weighted by atomic mass is 35.5. The molecule has 1 heterocycles. The van der Waals surface area contributed by atoms with Gasteiger partial charge in [-0.25, -0.2) is 4.39 Å². The molecule has 130 valence electrons. The van der Waals surface area contributed by atoms with E-state index in [0.29, 0.717) is 16.3 Å². The van der Waals surface area contributed by atoms with Crippen LogP contribution in [0.25, 0.3) is 0 Å². The third-order valence-corrected chi connectivity index (χ3v) is 5.41. The Bertz CT molecular complexity index is 847. The van der Waals surface area contributed by atoms with E-state index in [4.69, 9.17) is 23.2 Å². The maximum absolute atomic E-state index is 13.1. The SMILES string of the molecule is O=C(C[C@@H]1Sc2ccc(Cl)cc2NC1=O)NCc1ccc(F)c(Cl)c1. The standard InChI is InChI=1S/C17H13Cl2FN2O2S/c18-10-2-4-14-13(6-10)22-17(24)15(25-14)7-16(23)21-8-9-1-3-12(20)11(19)5-9/h1-6,15H,7-8H2,(H,21,23)(H,22,24)/t15-/m0/s1. The molecule has 3 rings (SSSR count). The number of carbonyl (C=O) groups is 2. The van der Waals surface area contributed by atoms with Crippen molar-refractivity contribution in [1.82, 2.24) is 5.32 Å². The van der Waals surface area contributed by atoms with Gasteiger partial charge in [-0.3, -0.25) is 9.59 Å². The predicted octanol–water partition coefficient (Wildman–Crippen LogP) is 4.25. The van der Waals surface area contributed by atoms with Crippen molar-refractivity contribution in [2.75, 3.05) is 5.32 Å². The molecule has 0 spiro atoms. The predicted molar refractivity (Wildman–Crippen MR) is 97.6 cm³/mol. The normalized spacial score (nSPS) is 16.1. The summed E-state index contributed by atoms with van der Waals surface area (Å²) in [6, 6.07) is 9.48. The number of anilines is 1. The number of fused-ring (bicyclic) bond motifs is 1. The third kappa shape index (κ3) is 4.45. The number of amides is 2. The zero-order valence-electron chi connectivity index (χ0n) is 12.8. The quantitative estimate of drug-likeness (QED) is 0.808. The van der Waals surface area contributed by atoms with Crippen LogP contribution in [-0.2, 0) is 16.1 Å². The Morgan fingerprint density at radius 3 is 2.80 bits per heavy atom. The van der Waals surface area contributed by atoms with Crippen molar-refractivity contribution in [3.63, 3.8) is 0 Å². The van der Waals surface area contributed by atoms with Crippen LogP contribution in [0, 0.1) is 5.82 Å². The average molecular weight is 399 g/mol. The molecule has 2 amide bonds. The fourth-order valence-corrected chi connectivity index (χ4v) is 3.81. The molecule has 0 aliphatic carbocycles. The average Bonchev–Trinajstić information content (AvgIpc) is 2.57. The number of carbonyl (C=O) groups excluding carboxylic acids is 2. The molecule has 0 fully saturated rings. The van der Waals surface area contributed by atoms with E-state index >= 15 is 0 Å². The Morgan fingerprint density at radius 2 is 2.04 bits per heavy atom. The van der Waals surface area contributed by atoms with Crippen LogP contribution in [0.1, 0.15) is 12.0 Å². The second-order valence-electron chi connectivity index (χ2n) is 5.47. The monoisotopic (exact) mass is 398 g/mol. The molecule has 1 aliphatic rings. The largest absolute Gasteiger partial charge is 0.352 e. The van der Waals surface area contributed by atoms with Crippen LogP contribution in [0.2, 0.25) is 10.0 Å². The molecule has 0 saturated carbocycles. The minimum Gasteiger partial charge on any atom is -0.352 e. The van der Waals surface area contributed by atoms with Crippen LogP contribution >= 0.6 is 35.0 Å². The van der Waals surface area contributed by atoms with E-state index in [9.17, 15) is 14.0 Å². The Labute approximate surface area is 158 Å². The highest BCUT2D eigenvalue weighted by molar-refractivity contribution is 8.01. The zero-order valence-corrected chi connectivity index (χ0v) is 15.1. The van der Waals surface area contributed by atoms with E-state index in [0.717, 1.165) is 4.90 Å². The minimum atomic E-state index is -0.523. The number of benzene rings is 2. The van der Waals surface area contributed by atoms with Crippen LogP contribution in [0.3, 0.4) is 0 Å². The first-order valence-electron chi connectivity index (χ1n) is 7.40. The van der Waals surface area contributed by atoms with Crippen molar-refractivity contribution >= 4 is 52.5 Å². The molecule has 0 bridgehead atoms. The summed E-state index contributed by atoms with van der Waals surface area (Å²) in [7, 11) is 0. The number of rotatable bonds is 4. The molecule has 2 aromatic carbocycles. The molecule has 4 nitrogen and oxygen atoms in total. The molecule has 0 unspecified atom stereocenters. The number of nitrogens with one attached hydrogen (secondary N) is 2. The van der Waals surface area contributed by atoms with Gasteiger partial charge < -0.3 is 10.6 Å². The fraction of sp³-hybridized carbons (Fsp3) is 0.176. The van der Waals surface area contributed by atoms with E-state index in [1.165, 1.54) is 23.9 Å².